The number of hydrogen-bond donors (Lipinski definition) is 1. The first-order valence-electron chi connectivity index (χ1n) is 6.21. The van der Waals surface area contributed by atoms with E-state index < -0.39 is 0 Å². The van der Waals surface area contributed by atoms with Crippen LogP contribution in [0, 0.1) is 25.2 Å². The summed E-state index contributed by atoms with van der Waals surface area (Å²) in [5, 5.41) is 12.0. The average Bonchev–Trinajstić information content (AvgIpc) is 2.45. The lowest BCUT2D eigenvalue weighted by Crippen LogP contribution is -2.01. The fraction of sp³-hybridized carbons (Fsp3) is 0.267. The molecular weight excluding hydrogens is 252 g/mol. The molecule has 0 amide bonds. The Bertz CT molecular complexity index is 689. The summed E-state index contributed by atoms with van der Waals surface area (Å²) in [6.45, 7) is 3.98. The van der Waals surface area contributed by atoms with Crippen LogP contribution in [-0.2, 0) is 0 Å². The summed E-state index contributed by atoms with van der Waals surface area (Å²) in [5.41, 5.74) is 3.22. The predicted molar refractivity (Wildman–Crippen MR) is 77.8 cm³/mol. The number of aromatic nitrogens is 2. The number of methoxy groups -OCH3 is 1. The van der Waals surface area contributed by atoms with E-state index in [-0.39, 0.29) is 0 Å². The van der Waals surface area contributed by atoms with Crippen molar-refractivity contribution in [1.82, 2.24) is 9.97 Å². The zero-order valence-corrected chi connectivity index (χ0v) is 12.0. The lowest BCUT2D eigenvalue weighted by molar-refractivity contribution is 0.413. The van der Waals surface area contributed by atoms with Gasteiger partial charge in [0.2, 0.25) is 0 Å². The van der Waals surface area contributed by atoms with Crippen molar-refractivity contribution in [3.8, 4) is 23.2 Å². The minimum Gasteiger partial charge on any atom is -0.496 e. The lowest BCUT2D eigenvalue weighted by atomic mass is 10.0. The van der Waals surface area contributed by atoms with E-state index in [1.165, 1.54) is 0 Å². The first-order valence-corrected chi connectivity index (χ1v) is 6.21. The Hall–Kier alpha value is -2.61. The molecule has 0 saturated carbocycles. The molecule has 0 unspecified atom stereocenters. The topological polar surface area (TPSA) is 70.8 Å². The van der Waals surface area contributed by atoms with Crippen LogP contribution in [0.1, 0.15) is 16.8 Å². The molecule has 1 aromatic carbocycles. The third kappa shape index (κ3) is 2.54. The molecule has 102 valence electrons. The second kappa shape index (κ2) is 5.57. The Kier molecular flexibility index (Phi) is 3.85. The van der Waals surface area contributed by atoms with Gasteiger partial charge in [0.1, 0.15) is 23.3 Å². The molecule has 20 heavy (non-hydrogen) atoms. The van der Waals surface area contributed by atoms with Crippen molar-refractivity contribution in [1.29, 1.82) is 5.26 Å². The molecule has 1 heterocycles. The number of ether oxygens (including phenoxy) is 1. The highest BCUT2D eigenvalue weighted by Crippen LogP contribution is 2.32. The fourth-order valence-electron chi connectivity index (χ4n) is 2.14. The number of nitrogens with zero attached hydrogens (tertiary/aromatic N) is 3. The molecule has 0 aliphatic heterocycles. The summed E-state index contributed by atoms with van der Waals surface area (Å²) in [6, 6.07) is 7.65. The van der Waals surface area contributed by atoms with Gasteiger partial charge < -0.3 is 10.1 Å². The second-order valence-corrected chi connectivity index (χ2v) is 4.49. The highest BCUT2D eigenvalue weighted by molar-refractivity contribution is 5.69. The minimum absolute atomic E-state index is 0.320. The molecule has 0 aliphatic rings. The smallest absolute Gasteiger partial charge is 0.166 e. The number of nitrogens with one attached hydrogen (secondary N) is 1. The zero-order chi connectivity index (χ0) is 14.7. The van der Waals surface area contributed by atoms with Crippen LogP contribution in [0.3, 0.4) is 0 Å². The average molecular weight is 268 g/mol. The first kappa shape index (κ1) is 13.8. The van der Waals surface area contributed by atoms with E-state index in [1.807, 2.05) is 32.0 Å². The monoisotopic (exact) mass is 268 g/mol. The fourth-order valence-corrected chi connectivity index (χ4v) is 2.14. The Morgan fingerprint density at radius 3 is 2.55 bits per heavy atom. The molecule has 2 aromatic rings. The third-order valence-electron chi connectivity index (χ3n) is 2.96. The molecular formula is C15H16N4O. The molecule has 0 bridgehead atoms. The minimum atomic E-state index is 0.320. The highest BCUT2D eigenvalue weighted by Gasteiger charge is 2.14. The van der Waals surface area contributed by atoms with Gasteiger partial charge in [-0.25, -0.2) is 9.97 Å². The molecule has 1 N–H and O–H groups in total. The number of benzene rings is 1. The van der Waals surface area contributed by atoms with Crippen LogP contribution < -0.4 is 10.1 Å². The Balaban J connectivity index is 2.71. The van der Waals surface area contributed by atoms with Crippen molar-refractivity contribution >= 4 is 5.82 Å². The second-order valence-electron chi connectivity index (χ2n) is 4.49. The largest absolute Gasteiger partial charge is 0.496 e. The summed E-state index contributed by atoms with van der Waals surface area (Å²) in [6.07, 6.45) is 0. The maximum atomic E-state index is 9.07. The van der Waals surface area contributed by atoms with Crippen LogP contribution in [0.25, 0.3) is 11.4 Å². The van der Waals surface area contributed by atoms with Gasteiger partial charge in [-0.15, -0.1) is 0 Å². The molecule has 1 aromatic heterocycles. The van der Waals surface area contributed by atoms with Gasteiger partial charge in [0, 0.05) is 13.1 Å². The van der Waals surface area contributed by atoms with Gasteiger partial charge in [0.15, 0.2) is 5.82 Å². The number of nitriles is 1. The van der Waals surface area contributed by atoms with E-state index in [1.54, 1.807) is 20.2 Å². The van der Waals surface area contributed by atoms with Gasteiger partial charge >= 0.3 is 0 Å². The van der Waals surface area contributed by atoms with Crippen LogP contribution in [-0.4, -0.2) is 24.1 Å². The lowest BCUT2D eigenvalue weighted by Gasteiger charge is -2.12. The van der Waals surface area contributed by atoms with Crippen LogP contribution in [0.4, 0.5) is 5.82 Å². The van der Waals surface area contributed by atoms with Gasteiger partial charge in [0.25, 0.3) is 0 Å². The Labute approximate surface area is 118 Å². The number of rotatable bonds is 3. The molecule has 0 spiro atoms. The summed E-state index contributed by atoms with van der Waals surface area (Å²) in [4.78, 5) is 8.68. The first-order chi connectivity index (χ1) is 9.58. The molecule has 5 nitrogen and oxygen atoms in total. The van der Waals surface area contributed by atoms with Crippen LogP contribution in [0.2, 0.25) is 0 Å². The van der Waals surface area contributed by atoms with Crippen LogP contribution in [0.5, 0.6) is 5.75 Å². The number of aryl methyl sites for hydroxylation is 2. The maximum Gasteiger partial charge on any atom is 0.166 e. The maximum absolute atomic E-state index is 9.07. The number of hydrogen-bond acceptors (Lipinski definition) is 5. The Morgan fingerprint density at radius 2 is 1.95 bits per heavy atom. The van der Waals surface area contributed by atoms with Crippen molar-refractivity contribution in [2.75, 3.05) is 19.5 Å². The quantitative estimate of drug-likeness (QED) is 0.926. The van der Waals surface area contributed by atoms with E-state index >= 15 is 0 Å². The molecule has 0 fully saturated rings. The molecule has 0 saturated heterocycles. The van der Waals surface area contributed by atoms with E-state index in [9.17, 15) is 0 Å². The normalized spacial score (nSPS) is 9.95. The highest BCUT2D eigenvalue weighted by atomic mass is 16.5. The van der Waals surface area contributed by atoms with Crippen molar-refractivity contribution in [2.45, 2.75) is 13.8 Å². The SMILES string of the molecule is CNc1cc(C#N)nc(-c2cc(C)cc(C)c2OC)n1. The molecule has 0 atom stereocenters. The van der Waals surface area contributed by atoms with Gasteiger partial charge in [-0.05, 0) is 31.0 Å². The third-order valence-corrected chi connectivity index (χ3v) is 2.96. The van der Waals surface area contributed by atoms with E-state index in [4.69, 9.17) is 10.00 Å². The predicted octanol–water partition coefficient (Wildman–Crippen LogP) is 2.68. The van der Waals surface area contributed by atoms with E-state index in [2.05, 4.69) is 15.3 Å². The molecule has 5 heteroatoms. The van der Waals surface area contributed by atoms with Crippen LogP contribution in [0.15, 0.2) is 18.2 Å². The summed E-state index contributed by atoms with van der Waals surface area (Å²) >= 11 is 0. The molecule has 0 aliphatic carbocycles. The summed E-state index contributed by atoms with van der Waals surface area (Å²) in [7, 11) is 3.38. The standard InChI is InChI=1S/C15H16N4O/c1-9-5-10(2)14(20-4)12(6-9)15-18-11(8-16)7-13(17-3)19-15/h5-7H,1-4H3,(H,17,18,19). The molecule has 0 radical (unpaired) electrons. The Morgan fingerprint density at radius 1 is 1.20 bits per heavy atom. The van der Waals surface area contributed by atoms with E-state index in [0.717, 1.165) is 22.4 Å². The van der Waals surface area contributed by atoms with Crippen molar-refractivity contribution in [3.05, 3.63) is 35.0 Å². The summed E-state index contributed by atoms with van der Waals surface area (Å²) < 4.78 is 5.45. The number of anilines is 1. The van der Waals surface area contributed by atoms with Crippen LogP contribution >= 0.6 is 0 Å². The van der Waals surface area contributed by atoms with Gasteiger partial charge in [-0.1, -0.05) is 6.07 Å². The van der Waals surface area contributed by atoms with E-state index in [0.29, 0.717) is 17.3 Å². The van der Waals surface area contributed by atoms with Crippen molar-refractivity contribution < 1.29 is 4.74 Å². The van der Waals surface area contributed by atoms with Crippen molar-refractivity contribution in [3.63, 3.8) is 0 Å². The van der Waals surface area contributed by atoms with Gasteiger partial charge in [-0.2, -0.15) is 5.26 Å². The zero-order valence-electron chi connectivity index (χ0n) is 12.0. The van der Waals surface area contributed by atoms with Gasteiger partial charge in [0.05, 0.1) is 12.7 Å². The van der Waals surface area contributed by atoms with Crippen molar-refractivity contribution in [2.24, 2.45) is 0 Å². The summed E-state index contributed by atoms with van der Waals surface area (Å²) in [5.74, 6) is 1.82. The molecule has 2 rings (SSSR count). The van der Waals surface area contributed by atoms with Gasteiger partial charge in [-0.3, -0.25) is 0 Å².